The molecule has 0 aromatic heterocycles. The molecule has 9 heteroatoms. The van der Waals surface area contributed by atoms with Gasteiger partial charge in [0.25, 0.3) is 10.0 Å². The molecular weight excluding hydrogens is 422 g/mol. The maximum absolute atomic E-state index is 13.4. The first kappa shape index (κ1) is 20.8. The zero-order valence-electron chi connectivity index (χ0n) is 14.8. The van der Waals surface area contributed by atoms with Crippen molar-refractivity contribution in [3.8, 4) is 0 Å². The van der Waals surface area contributed by atoms with Crippen LogP contribution in [0.25, 0.3) is 0 Å². The lowest BCUT2D eigenvalue weighted by Crippen LogP contribution is -2.38. The van der Waals surface area contributed by atoms with E-state index in [9.17, 15) is 22.0 Å². The summed E-state index contributed by atoms with van der Waals surface area (Å²) in [6.45, 7) is -0.625. The van der Waals surface area contributed by atoms with Gasteiger partial charge in [0.2, 0.25) is 5.91 Å². The molecule has 0 aliphatic rings. The number of anilines is 2. The maximum atomic E-state index is 13.4. The molecule has 0 radical (unpaired) electrons. The molecule has 0 heterocycles. The molecule has 3 aromatic carbocycles. The zero-order chi connectivity index (χ0) is 21.0. The van der Waals surface area contributed by atoms with Gasteiger partial charge in [-0.3, -0.25) is 9.10 Å². The molecule has 150 valence electrons. The average molecular weight is 437 g/mol. The standard InChI is InChI=1S/C20H15ClF2N2O3S/c21-16-8-4-5-9-19(16)25(29(27,28)15-6-2-1-3-7-15)13-20(26)24-14-10-11-17(22)18(23)12-14/h1-12H,13H2,(H,24,26). The van der Waals surface area contributed by atoms with Crippen LogP contribution in [0.4, 0.5) is 20.2 Å². The summed E-state index contributed by atoms with van der Waals surface area (Å²) in [7, 11) is -4.12. The molecule has 0 saturated heterocycles. The van der Waals surface area contributed by atoms with Crippen molar-refractivity contribution in [2.75, 3.05) is 16.2 Å². The van der Waals surface area contributed by atoms with Crippen molar-refractivity contribution in [3.05, 3.63) is 89.5 Å². The summed E-state index contributed by atoms with van der Waals surface area (Å²) in [4.78, 5) is 12.5. The second-order valence-corrected chi connectivity index (χ2v) is 8.22. The molecule has 0 atom stereocenters. The van der Waals surface area contributed by atoms with Crippen LogP contribution in [0, 0.1) is 11.6 Å². The third-order valence-electron chi connectivity index (χ3n) is 3.94. The van der Waals surface area contributed by atoms with Crippen LogP contribution in [0.3, 0.4) is 0 Å². The van der Waals surface area contributed by atoms with Crippen LogP contribution in [0.2, 0.25) is 5.02 Å². The number of halogens is 3. The van der Waals surface area contributed by atoms with Crippen LogP contribution in [0.1, 0.15) is 0 Å². The summed E-state index contributed by atoms with van der Waals surface area (Å²) in [6, 6.07) is 16.6. The number of nitrogens with zero attached hydrogens (tertiary/aromatic N) is 1. The number of carbonyl (C=O) groups excluding carboxylic acids is 1. The number of nitrogens with one attached hydrogen (secondary N) is 1. The Morgan fingerprint density at radius 1 is 0.931 bits per heavy atom. The highest BCUT2D eigenvalue weighted by Crippen LogP contribution is 2.30. The van der Waals surface area contributed by atoms with Gasteiger partial charge in [0, 0.05) is 11.8 Å². The number of hydrogen-bond donors (Lipinski definition) is 1. The van der Waals surface area contributed by atoms with Gasteiger partial charge in [-0.15, -0.1) is 0 Å². The number of amides is 1. The first-order valence-corrected chi connectivity index (χ1v) is 10.2. The van der Waals surface area contributed by atoms with Gasteiger partial charge >= 0.3 is 0 Å². The van der Waals surface area contributed by atoms with Crippen LogP contribution >= 0.6 is 11.6 Å². The van der Waals surface area contributed by atoms with Gasteiger partial charge in [-0.2, -0.15) is 0 Å². The van der Waals surface area contributed by atoms with Crippen LogP contribution < -0.4 is 9.62 Å². The third kappa shape index (κ3) is 4.72. The van der Waals surface area contributed by atoms with Gasteiger partial charge in [-0.25, -0.2) is 17.2 Å². The Bertz CT molecular complexity index is 1140. The SMILES string of the molecule is O=C(CN(c1ccccc1Cl)S(=O)(=O)c1ccccc1)Nc1ccc(F)c(F)c1. The number of benzene rings is 3. The summed E-state index contributed by atoms with van der Waals surface area (Å²) in [5.74, 6) is -2.95. The van der Waals surface area contributed by atoms with E-state index in [1.165, 1.54) is 30.3 Å². The third-order valence-corrected chi connectivity index (χ3v) is 6.04. The molecular formula is C20H15ClF2N2O3S. The van der Waals surface area contributed by atoms with E-state index in [-0.39, 0.29) is 21.3 Å². The smallest absolute Gasteiger partial charge is 0.264 e. The number of carbonyl (C=O) groups is 1. The highest BCUT2D eigenvalue weighted by molar-refractivity contribution is 7.92. The Morgan fingerprint density at radius 3 is 2.24 bits per heavy atom. The van der Waals surface area contributed by atoms with Crippen LogP contribution in [0.5, 0.6) is 0 Å². The van der Waals surface area contributed by atoms with E-state index in [0.717, 1.165) is 16.4 Å². The van der Waals surface area contributed by atoms with Gasteiger partial charge in [-0.05, 0) is 36.4 Å². The van der Waals surface area contributed by atoms with Crippen LogP contribution in [-0.4, -0.2) is 20.9 Å². The number of rotatable bonds is 6. The number of sulfonamides is 1. The minimum Gasteiger partial charge on any atom is -0.324 e. The predicted molar refractivity (Wildman–Crippen MR) is 107 cm³/mol. The fraction of sp³-hybridized carbons (Fsp3) is 0.0500. The lowest BCUT2D eigenvalue weighted by molar-refractivity contribution is -0.114. The lowest BCUT2D eigenvalue weighted by atomic mass is 10.3. The summed E-state index contributed by atoms with van der Waals surface area (Å²) < 4.78 is 53.6. The molecule has 0 spiro atoms. The van der Waals surface area contributed by atoms with Crippen molar-refractivity contribution in [2.45, 2.75) is 4.90 Å². The lowest BCUT2D eigenvalue weighted by Gasteiger charge is -2.25. The first-order valence-electron chi connectivity index (χ1n) is 8.36. The normalized spacial score (nSPS) is 11.1. The molecule has 5 nitrogen and oxygen atoms in total. The van der Waals surface area contributed by atoms with Gasteiger partial charge in [-0.1, -0.05) is 41.9 Å². The van der Waals surface area contributed by atoms with Crippen molar-refractivity contribution in [1.82, 2.24) is 0 Å². The summed E-state index contributed by atoms with van der Waals surface area (Å²) in [5, 5.41) is 2.49. The maximum Gasteiger partial charge on any atom is 0.264 e. The number of para-hydroxylation sites is 1. The molecule has 0 saturated carbocycles. The second-order valence-electron chi connectivity index (χ2n) is 5.95. The molecule has 29 heavy (non-hydrogen) atoms. The van der Waals surface area contributed by atoms with E-state index < -0.39 is 34.1 Å². The molecule has 0 unspecified atom stereocenters. The fourth-order valence-electron chi connectivity index (χ4n) is 2.58. The average Bonchev–Trinajstić information content (AvgIpc) is 2.70. The Balaban J connectivity index is 1.94. The number of hydrogen-bond acceptors (Lipinski definition) is 3. The highest BCUT2D eigenvalue weighted by atomic mass is 35.5. The van der Waals surface area contributed by atoms with Gasteiger partial charge in [0.05, 0.1) is 15.6 Å². The largest absolute Gasteiger partial charge is 0.324 e. The topological polar surface area (TPSA) is 66.5 Å². The Labute approximate surface area is 171 Å². The second kappa shape index (κ2) is 8.59. The van der Waals surface area contributed by atoms with Gasteiger partial charge < -0.3 is 5.32 Å². The monoisotopic (exact) mass is 436 g/mol. The fourth-order valence-corrected chi connectivity index (χ4v) is 4.33. The van der Waals surface area contributed by atoms with Crippen LogP contribution in [0.15, 0.2) is 77.7 Å². The minimum absolute atomic E-state index is 0.00915. The molecule has 3 rings (SSSR count). The molecule has 0 aliphatic carbocycles. The van der Waals surface area contributed by atoms with E-state index >= 15 is 0 Å². The molecule has 3 aromatic rings. The minimum atomic E-state index is -4.12. The van der Waals surface area contributed by atoms with Gasteiger partial charge in [0.15, 0.2) is 11.6 Å². The van der Waals surface area contributed by atoms with Crippen molar-refractivity contribution >= 4 is 38.9 Å². The van der Waals surface area contributed by atoms with E-state index in [1.54, 1.807) is 30.3 Å². The van der Waals surface area contributed by atoms with Crippen molar-refractivity contribution in [3.63, 3.8) is 0 Å². The van der Waals surface area contributed by atoms with Crippen LogP contribution in [-0.2, 0) is 14.8 Å². The Morgan fingerprint density at radius 2 is 1.59 bits per heavy atom. The van der Waals surface area contributed by atoms with Crippen molar-refractivity contribution in [1.29, 1.82) is 0 Å². The van der Waals surface area contributed by atoms with E-state index in [2.05, 4.69) is 5.32 Å². The van der Waals surface area contributed by atoms with E-state index in [4.69, 9.17) is 11.6 Å². The summed E-state index contributed by atoms with van der Waals surface area (Å²) >= 11 is 6.17. The summed E-state index contributed by atoms with van der Waals surface area (Å²) in [6.07, 6.45) is 0. The molecule has 1 N–H and O–H groups in total. The molecule has 0 fully saturated rings. The summed E-state index contributed by atoms with van der Waals surface area (Å²) in [5.41, 5.74) is 0.101. The molecule has 0 bridgehead atoms. The van der Waals surface area contributed by atoms with Gasteiger partial charge in [0.1, 0.15) is 6.54 Å². The Hall–Kier alpha value is -2.97. The Kier molecular flexibility index (Phi) is 6.14. The van der Waals surface area contributed by atoms with E-state index in [1.807, 2.05) is 0 Å². The zero-order valence-corrected chi connectivity index (χ0v) is 16.4. The molecule has 1 amide bonds. The predicted octanol–water partition coefficient (Wildman–Crippen LogP) is 4.45. The quantitative estimate of drug-likeness (QED) is 0.620. The van der Waals surface area contributed by atoms with E-state index in [0.29, 0.717) is 0 Å². The molecule has 0 aliphatic heterocycles. The first-order chi connectivity index (χ1) is 13.8. The van der Waals surface area contributed by atoms with Crippen molar-refractivity contribution in [2.24, 2.45) is 0 Å². The highest BCUT2D eigenvalue weighted by Gasteiger charge is 2.28. The van der Waals surface area contributed by atoms with Crippen molar-refractivity contribution < 1.29 is 22.0 Å².